The zero-order valence-corrected chi connectivity index (χ0v) is 34.2. The van der Waals surface area contributed by atoms with E-state index in [0.29, 0.717) is 45.0 Å². The van der Waals surface area contributed by atoms with Crippen LogP contribution in [0.15, 0.2) is 60.7 Å². The van der Waals surface area contributed by atoms with Gasteiger partial charge in [-0.3, -0.25) is 39.1 Å². The molecule has 2 N–H and O–H groups in total. The molecule has 1 unspecified atom stereocenters. The van der Waals surface area contributed by atoms with Gasteiger partial charge in [0.25, 0.3) is 17.7 Å². The number of nitrogens with zero attached hydrogens (tertiary/aromatic N) is 4. The lowest BCUT2D eigenvalue weighted by atomic mass is 9.49. The standard InChI is InChI=1S/C46H45ClN6O6/c1-44(2)42(45(3,4)43(44)59-32-13-11-29(21-48)35(47)18-32)50-38(55)28-9-7-26(8-10-28)5-6-27-22-51(23-27)31-19-46(20-31)24-52(25-46)30-12-14-33-34(17-30)41(58)53(40(33)57)36-15-16-37(54)49-39(36)56/h7-14,17-18,27,31,36,42-43H,15-16,19-20,22-25H2,1-4H3,(H,50,55)(H,49,54,56). The molecule has 3 saturated heterocycles. The molecule has 2 saturated carbocycles. The molecule has 13 heteroatoms. The molecule has 4 heterocycles. The maximum atomic E-state index is 13.4. The molecule has 3 aromatic carbocycles. The summed E-state index contributed by atoms with van der Waals surface area (Å²) in [7, 11) is 0. The molecule has 5 fully saturated rings. The van der Waals surface area contributed by atoms with E-state index in [0.717, 1.165) is 55.2 Å². The largest absolute Gasteiger partial charge is 0.489 e. The van der Waals surface area contributed by atoms with Crippen molar-refractivity contribution in [3.05, 3.63) is 93.5 Å². The molecular weight excluding hydrogens is 768 g/mol. The van der Waals surface area contributed by atoms with E-state index in [1.807, 2.05) is 30.3 Å². The number of likely N-dealkylation sites (tertiary alicyclic amines) is 1. The molecule has 6 aliphatic rings. The van der Waals surface area contributed by atoms with E-state index in [1.54, 1.807) is 30.3 Å². The predicted octanol–water partition coefficient (Wildman–Crippen LogP) is 5.18. The Morgan fingerprint density at radius 2 is 1.61 bits per heavy atom. The van der Waals surface area contributed by atoms with Crippen LogP contribution in [0.1, 0.15) is 95.6 Å². The smallest absolute Gasteiger partial charge is 0.262 e. The Morgan fingerprint density at radius 1 is 0.915 bits per heavy atom. The Hall–Kier alpha value is -5.69. The third-order valence-corrected chi connectivity index (χ3v) is 13.9. The number of nitriles is 1. The monoisotopic (exact) mass is 812 g/mol. The Balaban J connectivity index is 0.723. The number of hydrogen-bond acceptors (Lipinski definition) is 9. The Labute approximate surface area is 348 Å². The maximum Gasteiger partial charge on any atom is 0.262 e. The Morgan fingerprint density at radius 3 is 2.27 bits per heavy atom. The molecule has 5 amide bonds. The van der Waals surface area contributed by atoms with Crippen molar-refractivity contribution >= 4 is 46.8 Å². The summed E-state index contributed by atoms with van der Waals surface area (Å²) >= 11 is 6.24. The number of imide groups is 2. The summed E-state index contributed by atoms with van der Waals surface area (Å²) in [6.07, 6.45) is 2.28. The summed E-state index contributed by atoms with van der Waals surface area (Å²) in [5, 5.41) is 15.0. The van der Waals surface area contributed by atoms with Gasteiger partial charge in [-0.15, -0.1) is 0 Å². The van der Waals surface area contributed by atoms with Crippen molar-refractivity contribution in [2.24, 2.45) is 22.2 Å². The van der Waals surface area contributed by atoms with E-state index in [2.05, 4.69) is 66.0 Å². The first-order valence-corrected chi connectivity index (χ1v) is 20.6. The minimum atomic E-state index is -0.971. The highest BCUT2D eigenvalue weighted by Crippen LogP contribution is 2.56. The van der Waals surface area contributed by atoms with Gasteiger partial charge < -0.3 is 15.0 Å². The topological polar surface area (TPSA) is 152 Å². The fourth-order valence-electron chi connectivity index (χ4n) is 10.7. The molecule has 0 radical (unpaired) electrons. The van der Waals surface area contributed by atoms with Crippen LogP contribution in [0.5, 0.6) is 5.75 Å². The van der Waals surface area contributed by atoms with Crippen molar-refractivity contribution in [3.63, 3.8) is 0 Å². The molecule has 1 spiro atoms. The number of benzene rings is 3. The number of hydrogen-bond donors (Lipinski definition) is 2. The quantitative estimate of drug-likeness (QED) is 0.243. The number of fused-ring (bicyclic) bond motifs is 1. The first-order valence-electron chi connectivity index (χ1n) is 20.2. The molecular formula is C46H45ClN6O6. The number of ether oxygens (including phenoxy) is 1. The van der Waals surface area contributed by atoms with Gasteiger partial charge >= 0.3 is 0 Å². The number of carbonyl (C=O) groups excluding carboxylic acids is 5. The summed E-state index contributed by atoms with van der Waals surface area (Å²) in [5.74, 6) is 5.51. The van der Waals surface area contributed by atoms with Gasteiger partial charge in [-0.25, -0.2) is 0 Å². The second-order valence-electron chi connectivity index (χ2n) is 18.4. The molecule has 0 bridgehead atoms. The molecule has 3 aromatic rings. The number of carbonyl (C=O) groups is 5. The molecule has 2 aliphatic carbocycles. The van der Waals surface area contributed by atoms with Crippen LogP contribution >= 0.6 is 11.6 Å². The number of rotatable bonds is 7. The summed E-state index contributed by atoms with van der Waals surface area (Å²) < 4.78 is 6.36. The SMILES string of the molecule is CC1(C)C(NC(=O)c2ccc(C#CC3CN(C4CC5(C4)CN(c4ccc6c(c4)C(=O)N(C4CCC(=O)NC4=O)C6=O)C5)C3)cc2)C(C)(C)C1Oc1ccc(C#N)c(Cl)c1. The van der Waals surface area contributed by atoms with E-state index < -0.39 is 29.7 Å². The van der Waals surface area contributed by atoms with E-state index >= 15 is 0 Å². The number of nitrogens with one attached hydrogen (secondary N) is 2. The van der Waals surface area contributed by atoms with Gasteiger partial charge in [-0.05, 0) is 73.9 Å². The van der Waals surface area contributed by atoms with Crippen molar-refractivity contribution in [2.75, 3.05) is 31.1 Å². The highest BCUT2D eigenvalue weighted by molar-refractivity contribution is 6.31. The number of amides is 5. The van der Waals surface area contributed by atoms with Crippen LogP contribution in [0, 0.1) is 45.3 Å². The lowest BCUT2D eigenvalue weighted by Crippen LogP contribution is -2.74. The zero-order valence-electron chi connectivity index (χ0n) is 33.4. The van der Waals surface area contributed by atoms with Crippen LogP contribution in [-0.4, -0.2) is 89.7 Å². The summed E-state index contributed by atoms with van der Waals surface area (Å²) in [6.45, 7) is 12.0. The first kappa shape index (κ1) is 38.8. The number of anilines is 1. The second-order valence-corrected chi connectivity index (χ2v) is 18.8. The molecule has 9 rings (SSSR count). The molecule has 59 heavy (non-hydrogen) atoms. The van der Waals surface area contributed by atoms with Gasteiger partial charge in [0, 0.05) is 89.7 Å². The minimum Gasteiger partial charge on any atom is -0.489 e. The molecule has 1 atom stereocenters. The lowest BCUT2D eigenvalue weighted by molar-refractivity contribution is -0.164. The van der Waals surface area contributed by atoms with E-state index in [1.165, 1.54) is 0 Å². The van der Waals surface area contributed by atoms with E-state index in [-0.39, 0.29) is 47.1 Å². The van der Waals surface area contributed by atoms with Crippen LogP contribution in [0.2, 0.25) is 5.02 Å². The predicted molar refractivity (Wildman–Crippen MR) is 219 cm³/mol. The fourth-order valence-corrected chi connectivity index (χ4v) is 10.9. The van der Waals surface area contributed by atoms with Crippen LogP contribution in [0.4, 0.5) is 5.69 Å². The van der Waals surface area contributed by atoms with Crippen LogP contribution < -0.4 is 20.3 Å². The van der Waals surface area contributed by atoms with Gasteiger partial charge in [0.05, 0.1) is 21.7 Å². The van der Waals surface area contributed by atoms with Crippen molar-refractivity contribution in [3.8, 4) is 23.7 Å². The third kappa shape index (κ3) is 6.54. The van der Waals surface area contributed by atoms with Crippen LogP contribution in [0.25, 0.3) is 0 Å². The highest BCUT2D eigenvalue weighted by atomic mass is 35.5. The van der Waals surface area contributed by atoms with Gasteiger partial charge in [-0.2, -0.15) is 5.26 Å². The van der Waals surface area contributed by atoms with Crippen molar-refractivity contribution < 1.29 is 28.7 Å². The average molecular weight is 813 g/mol. The first-order chi connectivity index (χ1) is 28.1. The van der Waals surface area contributed by atoms with Crippen LogP contribution in [0.3, 0.4) is 0 Å². The third-order valence-electron chi connectivity index (χ3n) is 13.6. The van der Waals surface area contributed by atoms with Crippen LogP contribution in [-0.2, 0) is 9.59 Å². The van der Waals surface area contributed by atoms with Gasteiger partial charge in [-0.1, -0.05) is 51.1 Å². The van der Waals surface area contributed by atoms with Gasteiger partial charge in [0.1, 0.15) is 24.0 Å². The van der Waals surface area contributed by atoms with E-state index in [4.69, 9.17) is 16.3 Å². The summed E-state index contributed by atoms with van der Waals surface area (Å²) in [6, 6.07) is 19.3. The average Bonchev–Trinajstić information content (AvgIpc) is 3.40. The van der Waals surface area contributed by atoms with Crippen molar-refractivity contribution in [2.45, 2.75) is 77.6 Å². The second kappa shape index (κ2) is 14.0. The summed E-state index contributed by atoms with van der Waals surface area (Å²) in [5.41, 5.74) is 2.89. The number of halogens is 1. The number of piperidine rings is 1. The fraction of sp³-hybridized carbons (Fsp3) is 0.435. The van der Waals surface area contributed by atoms with E-state index in [9.17, 15) is 29.2 Å². The van der Waals surface area contributed by atoms with Gasteiger partial charge in [0.2, 0.25) is 11.8 Å². The molecule has 4 aliphatic heterocycles. The molecule has 302 valence electrons. The normalized spacial score (nSPS) is 25.3. The van der Waals surface area contributed by atoms with Gasteiger partial charge in [0.15, 0.2) is 0 Å². The molecule has 0 aromatic heterocycles. The maximum absolute atomic E-state index is 13.4. The minimum absolute atomic E-state index is 0.0917. The Bertz CT molecular complexity index is 2410. The Kier molecular flexibility index (Phi) is 9.18. The van der Waals surface area contributed by atoms with Crippen molar-refractivity contribution in [1.29, 1.82) is 5.26 Å². The highest BCUT2D eigenvalue weighted by Gasteiger charge is 2.64. The van der Waals surface area contributed by atoms with Crippen molar-refractivity contribution in [1.82, 2.24) is 20.4 Å². The summed E-state index contributed by atoms with van der Waals surface area (Å²) in [4.78, 5) is 69.5. The molecule has 12 nitrogen and oxygen atoms in total. The lowest BCUT2D eigenvalue weighted by Gasteiger charge is -2.63. The zero-order chi connectivity index (χ0) is 41.6.